The highest BCUT2D eigenvalue weighted by Crippen LogP contribution is 2.26. The van der Waals surface area contributed by atoms with E-state index in [0.717, 1.165) is 29.5 Å². The summed E-state index contributed by atoms with van der Waals surface area (Å²) in [6.07, 6.45) is 0.932. The quantitative estimate of drug-likeness (QED) is 0.129. The molecule has 1 atom stereocenters. The molecule has 2 aromatic rings. The van der Waals surface area contributed by atoms with E-state index < -0.39 is 10.7 Å². The van der Waals surface area contributed by atoms with Crippen LogP contribution >= 0.6 is 24.4 Å². The minimum atomic E-state index is -0.933. The van der Waals surface area contributed by atoms with Gasteiger partial charge in [0.05, 0.1) is 12.4 Å². The topological polar surface area (TPSA) is 110 Å². The zero-order valence-electron chi connectivity index (χ0n) is 14.2. The van der Waals surface area contributed by atoms with Gasteiger partial charge in [0.25, 0.3) is 0 Å². The maximum Gasteiger partial charge on any atom is 0.313 e. The summed E-state index contributed by atoms with van der Waals surface area (Å²) < 4.78 is 10.9. The Balaban J connectivity index is 2.15. The van der Waals surface area contributed by atoms with E-state index in [1.165, 1.54) is 0 Å². The van der Waals surface area contributed by atoms with Gasteiger partial charge in [-0.15, -0.1) is 24.4 Å². The molecule has 1 aromatic carbocycles. The third-order valence-corrected chi connectivity index (χ3v) is 4.54. The van der Waals surface area contributed by atoms with Crippen molar-refractivity contribution in [1.82, 2.24) is 5.43 Å². The Morgan fingerprint density at radius 3 is 2.96 bits per heavy atom. The van der Waals surface area contributed by atoms with E-state index in [2.05, 4.69) is 23.0 Å². The second-order valence-corrected chi connectivity index (χ2v) is 7.10. The summed E-state index contributed by atoms with van der Waals surface area (Å²) in [5.74, 6) is 6.60. The molecule has 0 aliphatic heterocycles. The molecule has 0 bridgehead atoms. The van der Waals surface area contributed by atoms with E-state index in [1.54, 1.807) is 12.1 Å². The molecule has 2 rings (SSSR count). The fourth-order valence-corrected chi connectivity index (χ4v) is 2.86. The molecule has 140 valence electrons. The number of thiol groups is 1. The molecular weight excluding hydrogens is 374 g/mol. The molecule has 1 unspecified atom stereocenters. The summed E-state index contributed by atoms with van der Waals surface area (Å²) in [6.45, 7) is 2.70. The third kappa shape index (κ3) is 6.01. The zero-order chi connectivity index (χ0) is 18.9. The minimum Gasteiger partial charge on any atom is -0.494 e. The van der Waals surface area contributed by atoms with Crippen LogP contribution in [0.2, 0.25) is 0 Å². The van der Waals surface area contributed by atoms with Crippen molar-refractivity contribution in [3.8, 4) is 17.1 Å². The molecule has 0 aliphatic carbocycles. The van der Waals surface area contributed by atoms with Gasteiger partial charge in [-0.3, -0.25) is 4.79 Å². The molecular formula is C17H21N3O4S2. The molecule has 0 saturated heterocycles. The van der Waals surface area contributed by atoms with Crippen molar-refractivity contribution in [1.29, 1.82) is 0 Å². The lowest BCUT2D eigenvalue weighted by Gasteiger charge is -2.08. The standard InChI is InChI=1S/C17H21N3O4S2/c1-2-8-23-12-5-3-4-11(9-12)13-6-7-14(24-13)16(20-18)19-17(25)26-10-15(21)22/h3-7,9,17,25H,2,8,10,18H2,1H3,(H,19,20)(H,21,22). The van der Waals surface area contributed by atoms with Crippen molar-refractivity contribution in [2.45, 2.75) is 18.1 Å². The second-order valence-electron chi connectivity index (χ2n) is 5.19. The van der Waals surface area contributed by atoms with Crippen LogP contribution in [-0.4, -0.2) is 34.0 Å². The van der Waals surface area contributed by atoms with Gasteiger partial charge in [0, 0.05) is 5.56 Å². The molecule has 1 heterocycles. The van der Waals surface area contributed by atoms with E-state index in [1.807, 2.05) is 31.2 Å². The van der Waals surface area contributed by atoms with Crippen molar-refractivity contribution in [3.63, 3.8) is 0 Å². The highest BCUT2D eigenvalue weighted by atomic mass is 32.2. The molecule has 0 spiro atoms. The summed E-state index contributed by atoms with van der Waals surface area (Å²) in [7, 11) is 0. The summed E-state index contributed by atoms with van der Waals surface area (Å²) in [6, 6.07) is 11.1. The Hall–Kier alpha value is -2.10. The monoisotopic (exact) mass is 395 g/mol. The van der Waals surface area contributed by atoms with Gasteiger partial charge in [0.15, 0.2) is 11.6 Å². The lowest BCUT2D eigenvalue weighted by molar-refractivity contribution is -0.133. The van der Waals surface area contributed by atoms with Gasteiger partial charge in [-0.1, -0.05) is 19.1 Å². The van der Waals surface area contributed by atoms with Crippen LogP contribution in [0, 0.1) is 0 Å². The van der Waals surface area contributed by atoms with Crippen molar-refractivity contribution in [3.05, 3.63) is 42.2 Å². The van der Waals surface area contributed by atoms with Gasteiger partial charge in [0.1, 0.15) is 16.2 Å². The maximum atomic E-state index is 10.6. The number of rotatable bonds is 9. The van der Waals surface area contributed by atoms with Crippen LogP contribution in [0.4, 0.5) is 0 Å². The number of hydrazine groups is 1. The van der Waals surface area contributed by atoms with E-state index in [9.17, 15) is 4.79 Å². The third-order valence-electron chi connectivity index (χ3n) is 3.16. The fraction of sp³-hybridized carbons (Fsp3) is 0.294. The Morgan fingerprint density at radius 1 is 1.46 bits per heavy atom. The van der Waals surface area contributed by atoms with Crippen LogP contribution in [0.25, 0.3) is 11.3 Å². The Kier molecular flexibility index (Phi) is 7.89. The van der Waals surface area contributed by atoms with Crippen molar-refractivity contribution < 1.29 is 19.1 Å². The number of aliphatic imine (C=N–C) groups is 1. The molecule has 1 aromatic heterocycles. The number of hydrogen-bond acceptors (Lipinski definition) is 7. The van der Waals surface area contributed by atoms with E-state index in [0.29, 0.717) is 18.1 Å². The predicted octanol–water partition coefficient (Wildman–Crippen LogP) is 2.98. The lowest BCUT2D eigenvalue weighted by Crippen LogP contribution is -2.31. The first-order valence-electron chi connectivity index (χ1n) is 7.92. The van der Waals surface area contributed by atoms with E-state index >= 15 is 0 Å². The minimum absolute atomic E-state index is 0.108. The number of carboxylic acid groups (broad SMARTS) is 1. The number of carboxylic acids is 1. The number of carbonyl (C=O) groups is 1. The molecule has 0 radical (unpaired) electrons. The predicted molar refractivity (Wildman–Crippen MR) is 107 cm³/mol. The Bertz CT molecular complexity index is 764. The number of nitrogens with two attached hydrogens (primary N) is 1. The number of benzene rings is 1. The summed E-state index contributed by atoms with van der Waals surface area (Å²) in [4.78, 5) is 14.8. The highest BCUT2D eigenvalue weighted by Gasteiger charge is 2.13. The average molecular weight is 396 g/mol. The normalized spacial score (nSPS) is 12.7. The van der Waals surface area contributed by atoms with Crippen LogP contribution in [0.5, 0.6) is 5.75 Å². The molecule has 9 heteroatoms. The first-order valence-corrected chi connectivity index (χ1v) is 9.49. The fourth-order valence-electron chi connectivity index (χ4n) is 2.04. The molecule has 0 saturated carbocycles. The molecule has 0 amide bonds. The maximum absolute atomic E-state index is 10.6. The highest BCUT2D eigenvalue weighted by molar-refractivity contribution is 8.10. The number of aliphatic carboxylic acids is 1. The number of nitrogens with zero attached hydrogens (tertiary/aromatic N) is 1. The van der Waals surface area contributed by atoms with Gasteiger partial charge < -0.3 is 19.7 Å². The molecule has 4 N–H and O–H groups in total. The van der Waals surface area contributed by atoms with E-state index in [-0.39, 0.29) is 11.6 Å². The van der Waals surface area contributed by atoms with Crippen LogP contribution in [0.3, 0.4) is 0 Å². The second kappa shape index (κ2) is 10.1. The number of ether oxygens (including phenoxy) is 1. The smallest absolute Gasteiger partial charge is 0.313 e. The van der Waals surface area contributed by atoms with Gasteiger partial charge in [-0.2, -0.15) is 0 Å². The van der Waals surface area contributed by atoms with Gasteiger partial charge in [0.2, 0.25) is 0 Å². The molecule has 0 aliphatic rings. The van der Waals surface area contributed by atoms with Crippen molar-refractivity contribution in [2.75, 3.05) is 12.4 Å². The van der Waals surface area contributed by atoms with Gasteiger partial charge >= 0.3 is 5.97 Å². The first-order chi connectivity index (χ1) is 12.5. The van der Waals surface area contributed by atoms with Crippen LogP contribution < -0.4 is 16.0 Å². The number of nitrogens with one attached hydrogen (secondary N) is 1. The largest absolute Gasteiger partial charge is 0.494 e. The van der Waals surface area contributed by atoms with Gasteiger partial charge in [-0.25, -0.2) is 10.8 Å². The Morgan fingerprint density at radius 2 is 2.27 bits per heavy atom. The SMILES string of the molecule is CCCOc1cccc(-c2ccc(C(=NC(S)SCC(=O)O)NN)o2)c1. The van der Waals surface area contributed by atoms with Crippen molar-refractivity contribution >= 4 is 36.2 Å². The zero-order valence-corrected chi connectivity index (χ0v) is 15.9. The van der Waals surface area contributed by atoms with E-state index in [4.69, 9.17) is 20.1 Å². The van der Waals surface area contributed by atoms with Crippen LogP contribution in [0.1, 0.15) is 19.1 Å². The number of amidine groups is 1. The lowest BCUT2D eigenvalue weighted by atomic mass is 10.1. The number of thioether (sulfide) groups is 1. The number of furan rings is 1. The van der Waals surface area contributed by atoms with Crippen molar-refractivity contribution in [2.24, 2.45) is 10.8 Å². The molecule has 26 heavy (non-hydrogen) atoms. The Labute approximate surface area is 161 Å². The van der Waals surface area contributed by atoms with Gasteiger partial charge in [-0.05, 0) is 30.7 Å². The summed E-state index contributed by atoms with van der Waals surface area (Å²) >= 11 is 5.29. The summed E-state index contributed by atoms with van der Waals surface area (Å²) in [5, 5.41) is 8.70. The van der Waals surface area contributed by atoms with Crippen LogP contribution in [0.15, 0.2) is 45.8 Å². The molecule has 0 fully saturated rings. The van der Waals surface area contributed by atoms with Crippen LogP contribution in [-0.2, 0) is 4.79 Å². The first kappa shape index (κ1) is 20.2. The average Bonchev–Trinajstić information content (AvgIpc) is 3.13. The summed E-state index contributed by atoms with van der Waals surface area (Å²) in [5.41, 5.74) is 3.33. The number of hydrogen-bond donors (Lipinski definition) is 4. The molecule has 7 nitrogen and oxygen atoms in total.